The molecule has 0 atom stereocenters. The van der Waals surface area contributed by atoms with Crippen molar-refractivity contribution in [2.45, 2.75) is 27.0 Å². The van der Waals surface area contributed by atoms with Crippen LogP contribution in [-0.4, -0.2) is 22.8 Å². The first-order valence-electron chi connectivity index (χ1n) is 9.21. The van der Waals surface area contributed by atoms with Crippen molar-refractivity contribution in [2.24, 2.45) is 7.05 Å². The van der Waals surface area contributed by atoms with Gasteiger partial charge in [-0.2, -0.15) is 5.10 Å². The number of rotatable bonds is 7. The minimum absolute atomic E-state index is 0.164. The summed E-state index contributed by atoms with van der Waals surface area (Å²) >= 11 is 5.90. The quantitative estimate of drug-likeness (QED) is 0.630. The molecule has 3 aromatic rings. The van der Waals surface area contributed by atoms with E-state index >= 15 is 0 Å². The standard InChI is InChI=1S/C22H24ClN3O3/c1-14-20(15(2)26(3)25-14)12-24-22(27)16-5-10-21(28-4)17(11-16)13-29-19-8-6-18(23)7-9-19/h5-11H,12-13H2,1-4H3,(H,24,27). The van der Waals surface area contributed by atoms with Crippen LogP contribution in [-0.2, 0) is 20.2 Å². The fraction of sp³-hybridized carbons (Fsp3) is 0.273. The Kier molecular flexibility index (Phi) is 6.44. The Morgan fingerprint density at radius 1 is 1.17 bits per heavy atom. The predicted molar refractivity (Wildman–Crippen MR) is 113 cm³/mol. The van der Waals surface area contributed by atoms with E-state index in [1.165, 1.54) is 0 Å². The highest BCUT2D eigenvalue weighted by molar-refractivity contribution is 6.30. The first-order valence-corrected chi connectivity index (χ1v) is 9.59. The molecule has 1 heterocycles. The molecule has 0 spiro atoms. The van der Waals surface area contributed by atoms with Crippen LogP contribution in [0.2, 0.25) is 5.02 Å². The summed E-state index contributed by atoms with van der Waals surface area (Å²) in [6.45, 7) is 4.62. The zero-order valence-electron chi connectivity index (χ0n) is 17.0. The van der Waals surface area contributed by atoms with Crippen molar-refractivity contribution in [2.75, 3.05) is 7.11 Å². The minimum Gasteiger partial charge on any atom is -0.496 e. The molecule has 6 nitrogen and oxygen atoms in total. The summed E-state index contributed by atoms with van der Waals surface area (Å²) in [5, 5.41) is 7.99. The second-order valence-corrected chi connectivity index (χ2v) is 7.16. The lowest BCUT2D eigenvalue weighted by atomic mass is 10.1. The van der Waals surface area contributed by atoms with Crippen molar-refractivity contribution in [3.05, 3.63) is 75.6 Å². The molecule has 0 radical (unpaired) electrons. The maximum absolute atomic E-state index is 12.7. The lowest BCUT2D eigenvalue weighted by molar-refractivity contribution is 0.0950. The smallest absolute Gasteiger partial charge is 0.251 e. The number of hydrogen-bond donors (Lipinski definition) is 1. The van der Waals surface area contributed by atoms with Crippen LogP contribution in [0.25, 0.3) is 0 Å². The van der Waals surface area contributed by atoms with Crippen molar-refractivity contribution < 1.29 is 14.3 Å². The molecule has 7 heteroatoms. The molecule has 3 rings (SSSR count). The predicted octanol–water partition coefficient (Wildman–Crippen LogP) is 4.21. The summed E-state index contributed by atoms with van der Waals surface area (Å²) < 4.78 is 13.0. The highest BCUT2D eigenvalue weighted by atomic mass is 35.5. The van der Waals surface area contributed by atoms with Gasteiger partial charge in [-0.3, -0.25) is 9.48 Å². The Labute approximate surface area is 175 Å². The normalized spacial score (nSPS) is 10.7. The van der Waals surface area contributed by atoms with E-state index in [0.29, 0.717) is 28.6 Å². The molecular weight excluding hydrogens is 390 g/mol. The van der Waals surface area contributed by atoms with Gasteiger partial charge in [-0.1, -0.05) is 11.6 Å². The van der Waals surface area contributed by atoms with Crippen molar-refractivity contribution >= 4 is 17.5 Å². The third-order valence-electron chi connectivity index (χ3n) is 4.84. The van der Waals surface area contributed by atoms with Crippen LogP contribution in [0.15, 0.2) is 42.5 Å². The topological polar surface area (TPSA) is 65.4 Å². The van der Waals surface area contributed by atoms with E-state index in [4.69, 9.17) is 21.1 Å². The first-order chi connectivity index (χ1) is 13.9. The van der Waals surface area contributed by atoms with Crippen LogP contribution in [0.4, 0.5) is 0 Å². The highest BCUT2D eigenvalue weighted by Gasteiger charge is 2.14. The third kappa shape index (κ3) is 4.90. The van der Waals surface area contributed by atoms with E-state index in [0.717, 1.165) is 22.5 Å². The average Bonchev–Trinajstić information content (AvgIpc) is 2.96. The van der Waals surface area contributed by atoms with E-state index in [-0.39, 0.29) is 12.5 Å². The number of halogens is 1. The van der Waals surface area contributed by atoms with Crippen LogP contribution in [0.1, 0.15) is 32.9 Å². The van der Waals surface area contributed by atoms with Gasteiger partial charge in [-0.25, -0.2) is 0 Å². The van der Waals surface area contributed by atoms with Gasteiger partial charge in [0.25, 0.3) is 5.91 Å². The zero-order valence-corrected chi connectivity index (χ0v) is 17.7. The molecule has 0 fully saturated rings. The van der Waals surface area contributed by atoms with Crippen LogP contribution >= 0.6 is 11.6 Å². The summed E-state index contributed by atoms with van der Waals surface area (Å²) in [4.78, 5) is 12.7. The van der Waals surface area contributed by atoms with Gasteiger partial charge in [0.1, 0.15) is 18.1 Å². The summed E-state index contributed by atoms with van der Waals surface area (Å²) in [6, 6.07) is 12.4. The number of ether oxygens (including phenoxy) is 2. The number of aryl methyl sites for hydroxylation is 2. The molecule has 0 aliphatic heterocycles. The number of amides is 1. The summed E-state index contributed by atoms with van der Waals surface area (Å²) in [6.07, 6.45) is 0. The summed E-state index contributed by atoms with van der Waals surface area (Å²) in [5.41, 5.74) is 4.30. The van der Waals surface area contributed by atoms with E-state index in [2.05, 4.69) is 10.4 Å². The van der Waals surface area contributed by atoms with Gasteiger partial charge >= 0.3 is 0 Å². The number of aromatic nitrogens is 2. The highest BCUT2D eigenvalue weighted by Crippen LogP contribution is 2.23. The summed E-state index contributed by atoms with van der Waals surface area (Å²) in [5.74, 6) is 1.19. The summed E-state index contributed by atoms with van der Waals surface area (Å²) in [7, 11) is 3.49. The number of nitrogens with one attached hydrogen (secondary N) is 1. The van der Waals surface area contributed by atoms with Gasteiger partial charge in [-0.05, 0) is 56.3 Å². The Morgan fingerprint density at radius 3 is 2.52 bits per heavy atom. The van der Waals surface area contributed by atoms with Crippen LogP contribution in [0.5, 0.6) is 11.5 Å². The zero-order chi connectivity index (χ0) is 21.0. The van der Waals surface area contributed by atoms with Gasteiger partial charge in [0.05, 0.1) is 12.8 Å². The lowest BCUT2D eigenvalue weighted by Gasteiger charge is -2.13. The molecular formula is C22H24ClN3O3. The molecule has 152 valence electrons. The first kappa shape index (κ1) is 20.7. The van der Waals surface area contributed by atoms with Crippen molar-refractivity contribution in [1.29, 1.82) is 0 Å². The second kappa shape index (κ2) is 9.01. The van der Waals surface area contributed by atoms with E-state index in [9.17, 15) is 4.79 Å². The van der Waals surface area contributed by atoms with Gasteiger partial charge in [0.15, 0.2) is 0 Å². The van der Waals surface area contributed by atoms with Gasteiger partial charge in [0, 0.05) is 41.0 Å². The molecule has 0 saturated carbocycles. The molecule has 0 aliphatic carbocycles. The van der Waals surface area contributed by atoms with E-state index in [1.807, 2.05) is 25.6 Å². The Hall–Kier alpha value is -2.99. The third-order valence-corrected chi connectivity index (χ3v) is 5.09. The molecule has 1 aromatic heterocycles. The van der Waals surface area contributed by atoms with Crippen LogP contribution < -0.4 is 14.8 Å². The molecule has 0 bridgehead atoms. The molecule has 2 aromatic carbocycles. The molecule has 29 heavy (non-hydrogen) atoms. The maximum Gasteiger partial charge on any atom is 0.251 e. The molecule has 0 unspecified atom stereocenters. The van der Waals surface area contributed by atoms with Gasteiger partial charge < -0.3 is 14.8 Å². The lowest BCUT2D eigenvalue weighted by Crippen LogP contribution is -2.23. The molecule has 1 amide bonds. The number of carbonyl (C=O) groups is 1. The van der Waals surface area contributed by atoms with Crippen molar-refractivity contribution in [3.63, 3.8) is 0 Å². The van der Waals surface area contributed by atoms with Crippen LogP contribution in [0, 0.1) is 13.8 Å². The van der Waals surface area contributed by atoms with Crippen molar-refractivity contribution in [1.82, 2.24) is 15.1 Å². The monoisotopic (exact) mass is 413 g/mol. The van der Waals surface area contributed by atoms with E-state index < -0.39 is 0 Å². The SMILES string of the molecule is COc1ccc(C(=O)NCc2c(C)nn(C)c2C)cc1COc1ccc(Cl)cc1. The van der Waals surface area contributed by atoms with Crippen molar-refractivity contribution in [3.8, 4) is 11.5 Å². The van der Waals surface area contributed by atoms with Gasteiger partial charge in [-0.15, -0.1) is 0 Å². The Bertz CT molecular complexity index is 1010. The van der Waals surface area contributed by atoms with Gasteiger partial charge in [0.2, 0.25) is 0 Å². The maximum atomic E-state index is 12.7. The largest absolute Gasteiger partial charge is 0.496 e. The number of carbonyl (C=O) groups excluding carboxylic acids is 1. The molecule has 0 saturated heterocycles. The van der Waals surface area contributed by atoms with E-state index in [1.54, 1.807) is 49.6 Å². The fourth-order valence-electron chi connectivity index (χ4n) is 3.07. The molecule has 1 N–H and O–H groups in total. The van der Waals surface area contributed by atoms with Crippen LogP contribution in [0.3, 0.4) is 0 Å². The number of methoxy groups -OCH3 is 1. The number of benzene rings is 2. The Balaban J connectivity index is 1.71. The Morgan fingerprint density at radius 2 is 1.90 bits per heavy atom. The minimum atomic E-state index is -0.164. The second-order valence-electron chi connectivity index (χ2n) is 6.72. The number of nitrogens with zero attached hydrogens (tertiary/aromatic N) is 2. The fourth-order valence-corrected chi connectivity index (χ4v) is 3.19. The average molecular weight is 414 g/mol. The number of hydrogen-bond acceptors (Lipinski definition) is 4. The molecule has 0 aliphatic rings.